The highest BCUT2D eigenvalue weighted by atomic mass is 35.5. The van der Waals surface area contributed by atoms with Crippen LogP contribution in [0.3, 0.4) is 0 Å². The Morgan fingerprint density at radius 1 is 1.29 bits per heavy atom. The van der Waals surface area contributed by atoms with Gasteiger partial charge in [-0.1, -0.05) is 35.5 Å². The van der Waals surface area contributed by atoms with Gasteiger partial charge in [0.05, 0.1) is 5.02 Å². The number of carbonyl (C=O) groups excluding carboxylic acids is 1. The lowest BCUT2D eigenvalue weighted by Crippen LogP contribution is -2.42. The molecule has 1 aromatic carbocycles. The molecule has 0 spiro atoms. The fourth-order valence-electron chi connectivity index (χ4n) is 2.25. The van der Waals surface area contributed by atoms with Crippen molar-refractivity contribution in [2.45, 2.75) is 28.8 Å². The lowest BCUT2D eigenvalue weighted by molar-refractivity contribution is 0.0927. The van der Waals surface area contributed by atoms with Gasteiger partial charge in [0.2, 0.25) is 0 Å². The third kappa shape index (κ3) is 4.83. The van der Waals surface area contributed by atoms with E-state index in [1.54, 1.807) is 12.1 Å². The van der Waals surface area contributed by atoms with Gasteiger partial charge in [-0.25, -0.2) is 0 Å². The first-order valence-electron chi connectivity index (χ1n) is 7.44. The van der Waals surface area contributed by atoms with E-state index in [2.05, 4.69) is 15.5 Å². The first-order valence-corrected chi connectivity index (χ1v) is 8.64. The molecule has 1 unspecified atom stereocenters. The van der Waals surface area contributed by atoms with Gasteiger partial charge in [-0.15, -0.1) is 22.6 Å². The maximum atomic E-state index is 12.2. The van der Waals surface area contributed by atoms with E-state index in [0.29, 0.717) is 28.2 Å². The number of hydrogen-bond donors (Lipinski definition) is 2. The van der Waals surface area contributed by atoms with Crippen molar-refractivity contribution in [3.05, 3.63) is 47.1 Å². The van der Waals surface area contributed by atoms with Crippen LogP contribution in [0.5, 0.6) is 0 Å². The van der Waals surface area contributed by atoms with Crippen LogP contribution in [0.4, 0.5) is 0 Å². The van der Waals surface area contributed by atoms with E-state index >= 15 is 0 Å². The van der Waals surface area contributed by atoms with Gasteiger partial charge in [0.15, 0.2) is 5.69 Å². The molecule has 0 saturated heterocycles. The summed E-state index contributed by atoms with van der Waals surface area (Å²) < 4.78 is 0. The molecule has 1 aliphatic carbocycles. The van der Waals surface area contributed by atoms with Crippen molar-refractivity contribution in [1.29, 1.82) is 0 Å². The molecule has 5 nitrogen and oxygen atoms in total. The maximum Gasteiger partial charge on any atom is 0.272 e. The molecule has 128 valence electrons. The van der Waals surface area contributed by atoms with Crippen molar-refractivity contribution in [2.75, 3.05) is 6.54 Å². The number of nitrogens with two attached hydrogens (primary N) is 1. The molecule has 24 heavy (non-hydrogen) atoms. The second-order valence-corrected chi connectivity index (χ2v) is 6.91. The summed E-state index contributed by atoms with van der Waals surface area (Å²) in [5, 5.41) is 12.4. The molecule has 1 saturated carbocycles. The summed E-state index contributed by atoms with van der Waals surface area (Å²) in [5.74, 6) is 0.279. The average Bonchev–Trinajstić information content (AvgIpc) is 3.40. The summed E-state index contributed by atoms with van der Waals surface area (Å²) in [6.45, 7) is 0.449. The minimum absolute atomic E-state index is 0. The van der Waals surface area contributed by atoms with E-state index in [4.69, 9.17) is 17.3 Å². The zero-order valence-corrected chi connectivity index (χ0v) is 15.2. The summed E-state index contributed by atoms with van der Waals surface area (Å²) in [6, 6.07) is 11.0. The largest absolute Gasteiger partial charge is 0.346 e. The number of aromatic nitrogens is 2. The van der Waals surface area contributed by atoms with Gasteiger partial charge in [0.25, 0.3) is 5.91 Å². The highest BCUT2D eigenvalue weighted by Crippen LogP contribution is 2.33. The molecule has 0 bridgehead atoms. The van der Waals surface area contributed by atoms with Gasteiger partial charge in [0, 0.05) is 17.5 Å². The van der Waals surface area contributed by atoms with E-state index in [1.807, 2.05) is 24.3 Å². The molecule has 1 fully saturated rings. The van der Waals surface area contributed by atoms with Crippen LogP contribution in [0.15, 0.2) is 46.3 Å². The van der Waals surface area contributed by atoms with Crippen LogP contribution in [-0.2, 0) is 0 Å². The lowest BCUT2D eigenvalue weighted by Gasteiger charge is -2.15. The van der Waals surface area contributed by atoms with E-state index in [0.717, 1.165) is 17.7 Å². The van der Waals surface area contributed by atoms with Crippen LogP contribution in [0.2, 0.25) is 5.02 Å². The predicted molar refractivity (Wildman–Crippen MR) is 97.9 cm³/mol. The quantitative estimate of drug-likeness (QED) is 0.798. The van der Waals surface area contributed by atoms with Gasteiger partial charge >= 0.3 is 0 Å². The topological polar surface area (TPSA) is 80.9 Å². The summed E-state index contributed by atoms with van der Waals surface area (Å²) in [6.07, 6.45) is 2.25. The Bertz CT molecular complexity index is 695. The number of nitrogens with one attached hydrogen (secondary N) is 1. The molecular weight excluding hydrogens is 367 g/mol. The zero-order chi connectivity index (χ0) is 16.2. The smallest absolute Gasteiger partial charge is 0.272 e. The Morgan fingerprint density at radius 2 is 2.04 bits per heavy atom. The van der Waals surface area contributed by atoms with Crippen molar-refractivity contribution < 1.29 is 4.79 Å². The van der Waals surface area contributed by atoms with Crippen LogP contribution in [0.1, 0.15) is 23.3 Å². The van der Waals surface area contributed by atoms with E-state index in [-0.39, 0.29) is 24.4 Å². The first kappa shape index (κ1) is 19.0. The molecule has 0 aliphatic heterocycles. The van der Waals surface area contributed by atoms with Gasteiger partial charge in [-0.3, -0.25) is 4.79 Å². The Labute approximate surface area is 156 Å². The lowest BCUT2D eigenvalue weighted by atomic mass is 10.2. The molecule has 1 aliphatic rings. The molecule has 1 atom stereocenters. The van der Waals surface area contributed by atoms with Crippen LogP contribution < -0.4 is 11.1 Å². The van der Waals surface area contributed by atoms with Crippen LogP contribution in [-0.4, -0.2) is 28.7 Å². The van der Waals surface area contributed by atoms with Crippen molar-refractivity contribution in [3.63, 3.8) is 0 Å². The van der Waals surface area contributed by atoms with Gasteiger partial charge in [0.1, 0.15) is 5.03 Å². The zero-order valence-electron chi connectivity index (χ0n) is 12.8. The minimum atomic E-state index is -0.228. The fourth-order valence-corrected chi connectivity index (χ4v) is 3.25. The molecule has 8 heteroatoms. The Hall–Kier alpha value is -1.34. The second kappa shape index (κ2) is 8.67. The van der Waals surface area contributed by atoms with E-state index < -0.39 is 0 Å². The van der Waals surface area contributed by atoms with Crippen molar-refractivity contribution in [2.24, 2.45) is 11.7 Å². The van der Waals surface area contributed by atoms with Gasteiger partial charge in [-0.05, 0) is 43.0 Å². The number of nitrogens with zero attached hydrogens (tertiary/aromatic N) is 2. The number of benzene rings is 1. The summed E-state index contributed by atoms with van der Waals surface area (Å²) in [7, 11) is 0. The van der Waals surface area contributed by atoms with E-state index in [1.165, 1.54) is 11.8 Å². The van der Waals surface area contributed by atoms with Crippen LogP contribution in [0.25, 0.3) is 0 Å². The van der Waals surface area contributed by atoms with Crippen LogP contribution >= 0.6 is 35.8 Å². The highest BCUT2D eigenvalue weighted by molar-refractivity contribution is 7.99. The standard InChI is InChI=1S/C16H17ClN4OS.ClH/c17-11-3-1-2-4-14(11)23-15-8-7-12(20-21-15)16(22)19-13(9-18)10-5-6-10;/h1-4,7-8,10,13H,5-6,9,18H2,(H,19,22);1H. The molecule has 1 heterocycles. The molecule has 1 amide bonds. The van der Waals surface area contributed by atoms with Gasteiger partial charge < -0.3 is 11.1 Å². The second-order valence-electron chi connectivity index (χ2n) is 5.44. The third-order valence-electron chi connectivity index (χ3n) is 3.69. The third-order valence-corrected chi connectivity index (χ3v) is 5.13. The number of halogens is 2. The number of rotatable bonds is 6. The molecule has 0 radical (unpaired) electrons. The SMILES string of the molecule is Cl.NCC(NC(=O)c1ccc(Sc2ccccc2Cl)nn1)C1CC1. The Balaban J connectivity index is 0.00000208. The average molecular weight is 385 g/mol. The highest BCUT2D eigenvalue weighted by Gasteiger charge is 2.31. The first-order chi connectivity index (χ1) is 11.2. The summed E-state index contributed by atoms with van der Waals surface area (Å²) >= 11 is 7.53. The summed E-state index contributed by atoms with van der Waals surface area (Å²) in [4.78, 5) is 13.1. The number of carbonyl (C=O) groups is 1. The number of hydrogen-bond acceptors (Lipinski definition) is 5. The normalized spacial score (nSPS) is 14.6. The molecule has 3 N–H and O–H groups in total. The maximum absolute atomic E-state index is 12.2. The predicted octanol–water partition coefficient (Wildman–Crippen LogP) is 3.17. The molecule has 3 rings (SSSR count). The van der Waals surface area contributed by atoms with E-state index in [9.17, 15) is 4.79 Å². The number of amides is 1. The van der Waals surface area contributed by atoms with Crippen molar-refractivity contribution >= 4 is 41.7 Å². The summed E-state index contributed by atoms with van der Waals surface area (Å²) in [5.41, 5.74) is 6.00. The fraction of sp³-hybridized carbons (Fsp3) is 0.312. The van der Waals surface area contributed by atoms with Gasteiger partial charge in [-0.2, -0.15) is 0 Å². The monoisotopic (exact) mass is 384 g/mol. The molecular formula is C16H18Cl2N4OS. The Morgan fingerprint density at radius 3 is 2.62 bits per heavy atom. The van der Waals surface area contributed by atoms with Crippen molar-refractivity contribution in [3.8, 4) is 0 Å². The Kier molecular flexibility index (Phi) is 6.86. The van der Waals surface area contributed by atoms with Crippen molar-refractivity contribution in [1.82, 2.24) is 15.5 Å². The molecule has 2 aromatic rings. The minimum Gasteiger partial charge on any atom is -0.346 e. The molecule has 1 aromatic heterocycles. The van der Waals surface area contributed by atoms with Crippen LogP contribution in [0, 0.1) is 5.92 Å².